The van der Waals surface area contributed by atoms with Crippen LogP contribution in [0.5, 0.6) is 0 Å². The Balaban J connectivity index is 2.38. The predicted octanol–water partition coefficient (Wildman–Crippen LogP) is 2.36. The van der Waals surface area contributed by atoms with Gasteiger partial charge < -0.3 is 5.32 Å². The molecule has 2 rings (SSSR count). The van der Waals surface area contributed by atoms with Crippen LogP contribution in [0.3, 0.4) is 0 Å². The van der Waals surface area contributed by atoms with Crippen molar-refractivity contribution in [3.63, 3.8) is 0 Å². The summed E-state index contributed by atoms with van der Waals surface area (Å²) in [6, 6.07) is 4.40. The second-order valence-corrected chi connectivity index (χ2v) is 7.57. The summed E-state index contributed by atoms with van der Waals surface area (Å²) in [6.07, 6.45) is 2.29. The highest BCUT2D eigenvalue weighted by Crippen LogP contribution is 2.31. The van der Waals surface area contributed by atoms with E-state index in [-0.39, 0.29) is 17.6 Å². The van der Waals surface area contributed by atoms with Gasteiger partial charge in [0.15, 0.2) is 9.84 Å². The minimum Gasteiger partial charge on any atom is -0.312 e. The fourth-order valence-corrected chi connectivity index (χ4v) is 5.01. The molecular formula is C14H20FNO2S. The van der Waals surface area contributed by atoms with Gasteiger partial charge in [-0.05, 0) is 50.1 Å². The molecule has 2 atom stereocenters. The van der Waals surface area contributed by atoms with Crippen LogP contribution in [0.15, 0.2) is 18.2 Å². The lowest BCUT2D eigenvalue weighted by molar-refractivity contribution is 0.467. The predicted molar refractivity (Wildman–Crippen MR) is 74.4 cm³/mol. The van der Waals surface area contributed by atoms with Crippen molar-refractivity contribution in [2.75, 3.05) is 12.8 Å². The third-order valence-corrected chi connectivity index (χ3v) is 6.02. The summed E-state index contributed by atoms with van der Waals surface area (Å²) in [5.41, 5.74) is 1.53. The van der Waals surface area contributed by atoms with Gasteiger partial charge in [-0.15, -0.1) is 0 Å². The largest absolute Gasteiger partial charge is 0.312 e. The van der Waals surface area contributed by atoms with E-state index in [4.69, 9.17) is 0 Å². The third kappa shape index (κ3) is 3.15. The number of halogens is 1. The van der Waals surface area contributed by atoms with E-state index >= 15 is 0 Å². The smallest absolute Gasteiger partial charge is 0.155 e. The van der Waals surface area contributed by atoms with Gasteiger partial charge in [0.05, 0.1) is 11.0 Å². The van der Waals surface area contributed by atoms with E-state index in [2.05, 4.69) is 5.32 Å². The Bertz CT molecular complexity index is 536. The van der Waals surface area contributed by atoms with Crippen molar-refractivity contribution in [3.05, 3.63) is 35.1 Å². The van der Waals surface area contributed by atoms with Crippen molar-refractivity contribution in [1.82, 2.24) is 5.32 Å². The van der Waals surface area contributed by atoms with Gasteiger partial charge in [0.1, 0.15) is 5.82 Å². The lowest BCUT2D eigenvalue weighted by Crippen LogP contribution is -2.39. The molecule has 0 bridgehead atoms. The molecule has 5 heteroatoms. The van der Waals surface area contributed by atoms with Crippen LogP contribution in [0.1, 0.15) is 36.4 Å². The minimum absolute atomic E-state index is 0.240. The molecule has 1 saturated heterocycles. The van der Waals surface area contributed by atoms with Gasteiger partial charge >= 0.3 is 0 Å². The standard InChI is InChI=1S/C14H20FNO2S/c1-10-7-11(9-12(15)8-10)14(16-2)13-5-3-4-6-19(13,17)18/h7-9,13-14,16H,3-6H2,1-2H3. The normalized spacial score (nSPS) is 24.1. The fraction of sp³-hybridized carbons (Fsp3) is 0.571. The number of aryl methyl sites for hydroxylation is 1. The van der Waals surface area contributed by atoms with E-state index in [0.29, 0.717) is 6.42 Å². The average molecular weight is 285 g/mol. The summed E-state index contributed by atoms with van der Waals surface area (Å²) >= 11 is 0. The first-order valence-electron chi connectivity index (χ1n) is 6.60. The molecule has 1 aromatic carbocycles. The number of hydrogen-bond donors (Lipinski definition) is 1. The van der Waals surface area contributed by atoms with Crippen molar-refractivity contribution in [1.29, 1.82) is 0 Å². The number of nitrogens with one attached hydrogen (secondary N) is 1. The molecule has 1 aromatic rings. The molecule has 1 N–H and O–H groups in total. The van der Waals surface area contributed by atoms with Crippen LogP contribution in [0.4, 0.5) is 4.39 Å². The topological polar surface area (TPSA) is 46.2 Å². The summed E-state index contributed by atoms with van der Waals surface area (Å²) in [5.74, 6) is -0.0760. The Morgan fingerprint density at radius 3 is 2.63 bits per heavy atom. The number of sulfone groups is 1. The number of benzene rings is 1. The molecule has 0 aromatic heterocycles. The molecule has 1 aliphatic rings. The Hall–Kier alpha value is -0.940. The highest BCUT2D eigenvalue weighted by Gasteiger charge is 2.35. The highest BCUT2D eigenvalue weighted by molar-refractivity contribution is 7.92. The lowest BCUT2D eigenvalue weighted by Gasteiger charge is -2.30. The van der Waals surface area contributed by atoms with Crippen molar-refractivity contribution >= 4 is 9.84 Å². The van der Waals surface area contributed by atoms with Gasteiger partial charge in [-0.3, -0.25) is 0 Å². The summed E-state index contributed by atoms with van der Waals surface area (Å²) in [7, 11) is -1.36. The second-order valence-electron chi connectivity index (χ2n) is 5.23. The van der Waals surface area contributed by atoms with Crippen molar-refractivity contribution in [3.8, 4) is 0 Å². The van der Waals surface area contributed by atoms with E-state index < -0.39 is 15.1 Å². The first-order chi connectivity index (χ1) is 8.94. The van der Waals surface area contributed by atoms with Crippen LogP contribution >= 0.6 is 0 Å². The maximum atomic E-state index is 13.5. The minimum atomic E-state index is -3.09. The first-order valence-corrected chi connectivity index (χ1v) is 8.31. The first kappa shape index (κ1) is 14.5. The molecule has 0 radical (unpaired) electrons. The molecule has 2 unspecified atom stereocenters. The zero-order valence-corrected chi connectivity index (χ0v) is 12.1. The van der Waals surface area contributed by atoms with Crippen LogP contribution in [0.2, 0.25) is 0 Å². The molecule has 19 heavy (non-hydrogen) atoms. The Labute approximate surface area is 114 Å². The SMILES string of the molecule is CNC(c1cc(C)cc(F)c1)C1CCCCS1(=O)=O. The van der Waals surface area contributed by atoms with Gasteiger partial charge in [-0.2, -0.15) is 0 Å². The molecule has 0 spiro atoms. The summed E-state index contributed by atoms with van der Waals surface area (Å²) in [6.45, 7) is 1.81. The van der Waals surface area contributed by atoms with Gasteiger partial charge in [0.2, 0.25) is 0 Å². The molecular weight excluding hydrogens is 265 g/mol. The Morgan fingerprint density at radius 2 is 2.05 bits per heavy atom. The zero-order valence-electron chi connectivity index (χ0n) is 11.3. The van der Waals surface area contributed by atoms with E-state index in [1.165, 1.54) is 12.1 Å². The van der Waals surface area contributed by atoms with Crippen molar-refractivity contribution in [2.24, 2.45) is 0 Å². The lowest BCUT2D eigenvalue weighted by atomic mass is 9.98. The van der Waals surface area contributed by atoms with Crippen LogP contribution in [-0.2, 0) is 9.84 Å². The van der Waals surface area contributed by atoms with Crippen LogP contribution in [0.25, 0.3) is 0 Å². The number of rotatable bonds is 3. The van der Waals surface area contributed by atoms with Crippen LogP contribution < -0.4 is 5.32 Å². The van der Waals surface area contributed by atoms with Gasteiger partial charge in [-0.25, -0.2) is 12.8 Å². The fourth-order valence-electron chi connectivity index (χ4n) is 2.87. The molecule has 3 nitrogen and oxygen atoms in total. The van der Waals surface area contributed by atoms with Gasteiger partial charge in [0, 0.05) is 6.04 Å². The third-order valence-electron chi connectivity index (χ3n) is 3.74. The van der Waals surface area contributed by atoms with E-state index in [9.17, 15) is 12.8 Å². The van der Waals surface area contributed by atoms with E-state index in [1.807, 2.05) is 13.0 Å². The molecule has 0 aliphatic carbocycles. The molecule has 1 fully saturated rings. The van der Waals surface area contributed by atoms with Gasteiger partial charge in [0.25, 0.3) is 0 Å². The van der Waals surface area contributed by atoms with Gasteiger partial charge in [-0.1, -0.05) is 12.5 Å². The Kier molecular flexibility index (Phi) is 4.26. The average Bonchev–Trinajstić information content (AvgIpc) is 2.30. The number of hydrogen-bond acceptors (Lipinski definition) is 3. The van der Waals surface area contributed by atoms with Crippen molar-refractivity contribution < 1.29 is 12.8 Å². The summed E-state index contributed by atoms with van der Waals surface area (Å²) < 4.78 is 37.9. The molecule has 0 amide bonds. The molecule has 1 heterocycles. The summed E-state index contributed by atoms with van der Waals surface area (Å²) in [5, 5.41) is 2.60. The molecule has 106 valence electrons. The van der Waals surface area contributed by atoms with Crippen LogP contribution in [-0.4, -0.2) is 26.5 Å². The zero-order chi connectivity index (χ0) is 14.0. The molecule has 1 aliphatic heterocycles. The monoisotopic (exact) mass is 285 g/mol. The molecule has 0 saturated carbocycles. The maximum Gasteiger partial charge on any atom is 0.155 e. The quantitative estimate of drug-likeness (QED) is 0.927. The summed E-state index contributed by atoms with van der Waals surface area (Å²) in [4.78, 5) is 0. The van der Waals surface area contributed by atoms with Crippen LogP contribution in [0, 0.1) is 12.7 Å². The van der Waals surface area contributed by atoms with E-state index in [1.54, 1.807) is 7.05 Å². The highest BCUT2D eigenvalue weighted by atomic mass is 32.2. The van der Waals surface area contributed by atoms with Crippen molar-refractivity contribution in [2.45, 2.75) is 37.5 Å². The maximum absolute atomic E-state index is 13.5. The van der Waals surface area contributed by atoms with E-state index in [0.717, 1.165) is 24.0 Å². The Morgan fingerprint density at radius 1 is 1.32 bits per heavy atom. The second kappa shape index (κ2) is 5.59.